The number of aliphatic hydroxyl groups excluding tert-OH is 1. The van der Waals surface area contributed by atoms with Gasteiger partial charge in [0.1, 0.15) is 6.29 Å². The molecule has 1 N–H and O–H groups in total. The number of aliphatic hydroxyl groups is 1. The van der Waals surface area contributed by atoms with E-state index in [-0.39, 0.29) is 6.10 Å². The molecule has 0 bridgehead atoms. The maximum absolute atomic E-state index is 10.9. The summed E-state index contributed by atoms with van der Waals surface area (Å²) in [4.78, 5) is 10.9. The molecule has 7 atom stereocenters. The van der Waals surface area contributed by atoms with Crippen LogP contribution in [0.15, 0.2) is 11.6 Å². The van der Waals surface area contributed by atoms with Crippen LogP contribution in [-0.2, 0) is 4.79 Å². The van der Waals surface area contributed by atoms with Crippen molar-refractivity contribution in [2.24, 2.45) is 34.5 Å². The lowest BCUT2D eigenvalue weighted by atomic mass is 9.47. The van der Waals surface area contributed by atoms with Crippen molar-refractivity contribution in [2.75, 3.05) is 0 Å². The summed E-state index contributed by atoms with van der Waals surface area (Å²) in [7, 11) is 0. The normalized spacial score (nSPS) is 50.5. The van der Waals surface area contributed by atoms with E-state index in [0.717, 1.165) is 55.6 Å². The molecule has 4 aliphatic rings. The summed E-state index contributed by atoms with van der Waals surface area (Å²) in [6.07, 6.45) is 15.2. The Balaban J connectivity index is 1.59. The third-order valence-corrected chi connectivity index (χ3v) is 8.91. The summed E-state index contributed by atoms with van der Waals surface area (Å²) in [5, 5.41) is 10.1. The van der Waals surface area contributed by atoms with Gasteiger partial charge in [0.05, 0.1) is 6.10 Å². The molecule has 0 amide bonds. The Morgan fingerprint density at radius 2 is 2.00 bits per heavy atom. The molecule has 0 radical (unpaired) electrons. The summed E-state index contributed by atoms with van der Waals surface area (Å²) < 4.78 is 0. The van der Waals surface area contributed by atoms with E-state index in [1.807, 2.05) is 0 Å². The Labute approximate surface area is 147 Å². The largest absolute Gasteiger partial charge is 0.393 e. The lowest BCUT2D eigenvalue weighted by Crippen LogP contribution is -2.50. The summed E-state index contributed by atoms with van der Waals surface area (Å²) in [6.45, 7) is 5.05. The van der Waals surface area contributed by atoms with Crippen LogP contribution >= 0.6 is 0 Å². The zero-order chi connectivity index (χ0) is 16.9. The summed E-state index contributed by atoms with van der Waals surface area (Å²) in [5.41, 5.74) is 2.39. The van der Waals surface area contributed by atoms with Crippen LogP contribution in [0.5, 0.6) is 0 Å². The van der Waals surface area contributed by atoms with Crippen LogP contribution in [0.2, 0.25) is 0 Å². The highest BCUT2D eigenvalue weighted by atomic mass is 16.3. The average molecular weight is 331 g/mol. The van der Waals surface area contributed by atoms with Crippen molar-refractivity contribution in [2.45, 2.75) is 84.2 Å². The van der Waals surface area contributed by atoms with Crippen LogP contribution in [0.4, 0.5) is 0 Å². The van der Waals surface area contributed by atoms with Gasteiger partial charge in [0.25, 0.3) is 0 Å². The van der Waals surface area contributed by atoms with Gasteiger partial charge >= 0.3 is 0 Å². The number of hydrogen-bond acceptors (Lipinski definition) is 2. The first-order valence-electron chi connectivity index (χ1n) is 10.3. The summed E-state index contributed by atoms with van der Waals surface area (Å²) in [5.74, 6) is 3.29. The van der Waals surface area contributed by atoms with Gasteiger partial charge in [-0.1, -0.05) is 25.5 Å². The van der Waals surface area contributed by atoms with Crippen LogP contribution in [0.3, 0.4) is 0 Å². The number of rotatable bonds is 3. The van der Waals surface area contributed by atoms with E-state index in [2.05, 4.69) is 19.9 Å². The van der Waals surface area contributed by atoms with E-state index in [4.69, 9.17) is 0 Å². The van der Waals surface area contributed by atoms with Crippen molar-refractivity contribution >= 4 is 6.29 Å². The van der Waals surface area contributed by atoms with Crippen molar-refractivity contribution in [3.63, 3.8) is 0 Å². The number of fused-ring (bicyclic) bond motifs is 5. The molecule has 3 fully saturated rings. The summed E-state index contributed by atoms with van der Waals surface area (Å²) in [6, 6.07) is 0. The fraction of sp³-hybridized carbons (Fsp3) is 0.864. The highest BCUT2D eigenvalue weighted by molar-refractivity contribution is 5.49. The fourth-order valence-electron chi connectivity index (χ4n) is 7.49. The number of allylic oxidation sites excluding steroid dienone is 1. The van der Waals surface area contributed by atoms with Crippen molar-refractivity contribution in [3.05, 3.63) is 11.6 Å². The molecular formula is C22H34O2. The third-order valence-electron chi connectivity index (χ3n) is 8.91. The molecule has 0 heterocycles. The van der Waals surface area contributed by atoms with Crippen molar-refractivity contribution in [1.29, 1.82) is 0 Å². The first kappa shape index (κ1) is 16.8. The van der Waals surface area contributed by atoms with Gasteiger partial charge in [0.15, 0.2) is 0 Å². The molecule has 0 aromatic carbocycles. The van der Waals surface area contributed by atoms with Crippen LogP contribution in [-0.4, -0.2) is 17.5 Å². The molecule has 134 valence electrons. The topological polar surface area (TPSA) is 37.3 Å². The zero-order valence-electron chi connectivity index (χ0n) is 15.5. The van der Waals surface area contributed by atoms with E-state index < -0.39 is 0 Å². The second-order valence-corrected chi connectivity index (χ2v) is 9.72. The number of carbonyl (C=O) groups excluding carboxylic acids is 1. The van der Waals surface area contributed by atoms with Gasteiger partial charge in [-0.2, -0.15) is 0 Å². The predicted octanol–water partition coefficient (Wildman–Crippen LogP) is 4.91. The Morgan fingerprint density at radius 1 is 1.17 bits per heavy atom. The number of carbonyl (C=O) groups is 1. The molecule has 0 aliphatic heterocycles. The van der Waals surface area contributed by atoms with Gasteiger partial charge in [-0.25, -0.2) is 0 Å². The molecule has 2 heteroatoms. The third kappa shape index (κ3) is 2.35. The molecular weight excluding hydrogens is 296 g/mol. The molecule has 4 rings (SSSR count). The first-order valence-corrected chi connectivity index (χ1v) is 10.3. The molecule has 0 aromatic rings. The standard InChI is InChI=1S/C22H34O2/c1-21-12-10-20-18(19(21)8-6-15(21)4-3-13-23)7-5-16-14-17(24)9-11-22(16,20)2/h5,13,15,17-20,24H,3-4,6-12,14H2,1-2H3/t15?,17?,18-,19-,20+,21+,22-/m0/s1. The molecule has 0 saturated heterocycles. The number of hydrogen-bond donors (Lipinski definition) is 1. The highest BCUT2D eigenvalue weighted by Crippen LogP contribution is 2.66. The van der Waals surface area contributed by atoms with Crippen LogP contribution in [0.1, 0.15) is 78.1 Å². The minimum atomic E-state index is -0.103. The second kappa shape index (κ2) is 5.97. The van der Waals surface area contributed by atoms with E-state index in [9.17, 15) is 9.90 Å². The Hall–Kier alpha value is -0.630. The Kier molecular flexibility index (Phi) is 4.18. The zero-order valence-corrected chi connectivity index (χ0v) is 15.5. The van der Waals surface area contributed by atoms with Crippen LogP contribution in [0.25, 0.3) is 0 Å². The van der Waals surface area contributed by atoms with E-state index >= 15 is 0 Å². The molecule has 2 unspecified atom stereocenters. The molecule has 0 aromatic heterocycles. The highest BCUT2D eigenvalue weighted by Gasteiger charge is 2.58. The van der Waals surface area contributed by atoms with Gasteiger partial charge in [-0.15, -0.1) is 0 Å². The quantitative estimate of drug-likeness (QED) is 0.590. The second-order valence-electron chi connectivity index (χ2n) is 9.72. The van der Waals surface area contributed by atoms with E-state index in [1.54, 1.807) is 5.57 Å². The number of aldehydes is 1. The predicted molar refractivity (Wildman–Crippen MR) is 96.5 cm³/mol. The van der Waals surface area contributed by atoms with Crippen molar-refractivity contribution in [3.8, 4) is 0 Å². The fourth-order valence-corrected chi connectivity index (χ4v) is 7.49. The van der Waals surface area contributed by atoms with Gasteiger partial charge < -0.3 is 9.90 Å². The van der Waals surface area contributed by atoms with Crippen molar-refractivity contribution < 1.29 is 9.90 Å². The maximum atomic E-state index is 10.9. The SMILES string of the molecule is C[C@]12CCC(O)CC1=CC[C@@H]1[C@H]2CC[C@]2(C)C(CCC=O)CC[C@@H]12. The maximum Gasteiger partial charge on any atom is 0.120 e. The molecule has 2 nitrogen and oxygen atoms in total. The lowest BCUT2D eigenvalue weighted by molar-refractivity contribution is -0.108. The average Bonchev–Trinajstić information content (AvgIpc) is 2.90. The van der Waals surface area contributed by atoms with E-state index in [1.165, 1.54) is 38.5 Å². The molecule has 24 heavy (non-hydrogen) atoms. The van der Waals surface area contributed by atoms with Gasteiger partial charge in [0, 0.05) is 6.42 Å². The first-order chi connectivity index (χ1) is 11.5. The van der Waals surface area contributed by atoms with E-state index in [0.29, 0.717) is 10.8 Å². The van der Waals surface area contributed by atoms with Crippen molar-refractivity contribution in [1.82, 2.24) is 0 Å². The Bertz CT molecular complexity index is 538. The van der Waals surface area contributed by atoms with Gasteiger partial charge in [-0.05, 0) is 92.3 Å². The van der Waals surface area contributed by atoms with Crippen LogP contribution < -0.4 is 0 Å². The van der Waals surface area contributed by atoms with Gasteiger partial charge in [-0.3, -0.25) is 0 Å². The smallest absolute Gasteiger partial charge is 0.120 e. The monoisotopic (exact) mass is 330 g/mol. The molecule has 4 aliphatic carbocycles. The minimum Gasteiger partial charge on any atom is -0.393 e. The molecule has 3 saturated carbocycles. The van der Waals surface area contributed by atoms with Crippen LogP contribution in [0, 0.1) is 34.5 Å². The minimum absolute atomic E-state index is 0.103. The molecule has 0 spiro atoms. The van der Waals surface area contributed by atoms with Gasteiger partial charge in [0.2, 0.25) is 0 Å². The summed E-state index contributed by atoms with van der Waals surface area (Å²) >= 11 is 0. The lowest BCUT2D eigenvalue weighted by Gasteiger charge is -2.58. The Morgan fingerprint density at radius 3 is 2.79 bits per heavy atom.